The van der Waals surface area contributed by atoms with Gasteiger partial charge in [0.2, 0.25) is 0 Å². The summed E-state index contributed by atoms with van der Waals surface area (Å²) in [4.78, 5) is 13.9. The Labute approximate surface area is 108 Å². The summed E-state index contributed by atoms with van der Waals surface area (Å²) in [6, 6.07) is 7.37. The fourth-order valence-electron chi connectivity index (χ4n) is 2.04. The van der Waals surface area contributed by atoms with Crippen molar-refractivity contribution in [1.29, 1.82) is 0 Å². The van der Waals surface area contributed by atoms with E-state index in [1.807, 2.05) is 19.9 Å². The maximum Gasteiger partial charge on any atom is 0.318 e. The number of phenols is 1. The van der Waals surface area contributed by atoms with Crippen LogP contribution in [0.25, 0.3) is 0 Å². The van der Waals surface area contributed by atoms with Crippen LogP contribution in [0.5, 0.6) is 5.75 Å². The molecule has 4 nitrogen and oxygen atoms in total. The molecule has 0 saturated heterocycles. The Bertz CT molecular complexity index is 430. The largest absolute Gasteiger partial charge is 0.508 e. The second kappa shape index (κ2) is 5.29. The Morgan fingerprint density at radius 1 is 1.56 bits per heavy atom. The number of carbonyl (C=O) groups excluding carboxylic acids is 1. The molecule has 2 N–H and O–H groups in total. The number of carbonyl (C=O) groups is 1. The van der Waals surface area contributed by atoms with Gasteiger partial charge in [-0.15, -0.1) is 0 Å². The molecule has 0 radical (unpaired) electrons. The van der Waals surface area contributed by atoms with Gasteiger partial charge in [0.1, 0.15) is 5.75 Å². The van der Waals surface area contributed by atoms with Crippen molar-refractivity contribution in [3.63, 3.8) is 0 Å². The minimum absolute atomic E-state index is 0.0177. The van der Waals surface area contributed by atoms with Crippen LogP contribution in [0.15, 0.2) is 24.3 Å². The van der Waals surface area contributed by atoms with Gasteiger partial charge in [-0.3, -0.25) is 0 Å². The smallest absolute Gasteiger partial charge is 0.318 e. The van der Waals surface area contributed by atoms with E-state index in [2.05, 4.69) is 5.32 Å². The van der Waals surface area contributed by atoms with Crippen LogP contribution >= 0.6 is 0 Å². The second-order valence-corrected chi connectivity index (χ2v) is 4.78. The molecule has 1 aromatic rings. The van der Waals surface area contributed by atoms with Gasteiger partial charge in [0.05, 0.1) is 6.04 Å². The lowest BCUT2D eigenvalue weighted by molar-refractivity contribution is 0.182. The van der Waals surface area contributed by atoms with Gasteiger partial charge in [-0.1, -0.05) is 12.1 Å². The highest BCUT2D eigenvalue weighted by Crippen LogP contribution is 2.25. The first-order valence-electron chi connectivity index (χ1n) is 6.48. The number of amides is 2. The lowest BCUT2D eigenvalue weighted by Gasteiger charge is -2.28. The molecule has 1 fully saturated rings. The summed E-state index contributed by atoms with van der Waals surface area (Å²) >= 11 is 0. The zero-order valence-electron chi connectivity index (χ0n) is 10.9. The van der Waals surface area contributed by atoms with E-state index in [1.165, 1.54) is 0 Å². The first-order chi connectivity index (χ1) is 8.61. The van der Waals surface area contributed by atoms with Crippen molar-refractivity contribution in [3.8, 4) is 5.75 Å². The van der Waals surface area contributed by atoms with Gasteiger partial charge in [-0.25, -0.2) is 4.79 Å². The van der Waals surface area contributed by atoms with Gasteiger partial charge in [-0.05, 0) is 44.4 Å². The van der Waals surface area contributed by atoms with Crippen molar-refractivity contribution in [2.24, 2.45) is 0 Å². The molecule has 2 rings (SSSR count). The van der Waals surface area contributed by atoms with Crippen LogP contribution in [0, 0.1) is 0 Å². The molecule has 0 heterocycles. The average molecular weight is 248 g/mol. The third-order valence-corrected chi connectivity index (χ3v) is 3.33. The van der Waals surface area contributed by atoms with Crippen molar-refractivity contribution in [2.45, 2.75) is 38.8 Å². The van der Waals surface area contributed by atoms with E-state index in [0.29, 0.717) is 12.6 Å². The third-order valence-electron chi connectivity index (χ3n) is 3.33. The summed E-state index contributed by atoms with van der Waals surface area (Å²) in [5.74, 6) is 0.234. The number of benzene rings is 1. The topological polar surface area (TPSA) is 52.6 Å². The van der Waals surface area contributed by atoms with Gasteiger partial charge in [0, 0.05) is 12.6 Å². The minimum Gasteiger partial charge on any atom is -0.508 e. The van der Waals surface area contributed by atoms with E-state index >= 15 is 0 Å². The van der Waals surface area contributed by atoms with Crippen molar-refractivity contribution >= 4 is 6.03 Å². The highest BCUT2D eigenvalue weighted by Gasteiger charge is 2.27. The van der Waals surface area contributed by atoms with E-state index in [0.717, 1.165) is 18.4 Å². The van der Waals surface area contributed by atoms with Crippen LogP contribution < -0.4 is 5.32 Å². The molecular formula is C14H20N2O2. The summed E-state index contributed by atoms with van der Waals surface area (Å²) in [5, 5.41) is 12.5. The molecule has 1 aliphatic rings. The predicted octanol–water partition coefficient (Wildman–Crippen LogP) is 2.65. The summed E-state index contributed by atoms with van der Waals surface area (Å²) in [5.41, 5.74) is 0.947. The summed E-state index contributed by atoms with van der Waals surface area (Å²) in [7, 11) is 0. The van der Waals surface area contributed by atoms with Crippen LogP contribution in [-0.2, 0) is 0 Å². The molecule has 1 aliphatic carbocycles. The zero-order chi connectivity index (χ0) is 13.1. The van der Waals surface area contributed by atoms with Crippen LogP contribution in [-0.4, -0.2) is 28.6 Å². The summed E-state index contributed by atoms with van der Waals surface area (Å²) in [6.07, 6.45) is 2.17. The molecule has 4 heteroatoms. The van der Waals surface area contributed by atoms with E-state index in [-0.39, 0.29) is 17.8 Å². The second-order valence-electron chi connectivity index (χ2n) is 4.78. The zero-order valence-corrected chi connectivity index (χ0v) is 10.9. The SMILES string of the molecule is CCN(C(=O)NC1CC1)[C@@H](C)c1cccc(O)c1. The van der Waals surface area contributed by atoms with Crippen molar-refractivity contribution in [3.05, 3.63) is 29.8 Å². The lowest BCUT2D eigenvalue weighted by Crippen LogP contribution is -2.42. The van der Waals surface area contributed by atoms with Gasteiger partial charge in [0.15, 0.2) is 0 Å². The molecule has 0 spiro atoms. The van der Waals surface area contributed by atoms with Gasteiger partial charge in [0.25, 0.3) is 0 Å². The Morgan fingerprint density at radius 2 is 2.28 bits per heavy atom. The molecule has 0 aliphatic heterocycles. The quantitative estimate of drug-likeness (QED) is 0.860. The number of phenolic OH excluding ortho intramolecular Hbond substituents is 1. The maximum atomic E-state index is 12.1. The fraction of sp³-hybridized carbons (Fsp3) is 0.500. The number of aromatic hydroxyl groups is 1. The average Bonchev–Trinajstić information content (AvgIpc) is 3.13. The van der Waals surface area contributed by atoms with Gasteiger partial charge in [-0.2, -0.15) is 0 Å². The van der Waals surface area contributed by atoms with Gasteiger partial charge >= 0.3 is 6.03 Å². The third kappa shape index (κ3) is 2.94. The molecule has 1 saturated carbocycles. The number of nitrogens with zero attached hydrogens (tertiary/aromatic N) is 1. The van der Waals surface area contributed by atoms with E-state index in [9.17, 15) is 9.90 Å². The van der Waals surface area contributed by atoms with E-state index in [1.54, 1.807) is 23.1 Å². The molecule has 1 atom stereocenters. The number of rotatable bonds is 4. The number of nitrogens with one attached hydrogen (secondary N) is 1. The Kier molecular flexibility index (Phi) is 3.75. The molecular weight excluding hydrogens is 228 g/mol. The molecule has 98 valence electrons. The Hall–Kier alpha value is -1.71. The Balaban J connectivity index is 2.08. The first-order valence-corrected chi connectivity index (χ1v) is 6.48. The van der Waals surface area contributed by atoms with Gasteiger partial charge < -0.3 is 15.3 Å². The van der Waals surface area contributed by atoms with Crippen molar-refractivity contribution in [1.82, 2.24) is 10.2 Å². The molecule has 1 aromatic carbocycles. The number of hydrogen-bond donors (Lipinski definition) is 2. The van der Waals surface area contributed by atoms with Crippen LogP contribution in [0.4, 0.5) is 4.79 Å². The predicted molar refractivity (Wildman–Crippen MR) is 70.5 cm³/mol. The molecule has 0 unspecified atom stereocenters. The highest BCUT2D eigenvalue weighted by atomic mass is 16.3. The summed E-state index contributed by atoms with van der Waals surface area (Å²) in [6.45, 7) is 4.59. The lowest BCUT2D eigenvalue weighted by atomic mass is 10.1. The van der Waals surface area contributed by atoms with E-state index < -0.39 is 0 Å². The van der Waals surface area contributed by atoms with Crippen LogP contribution in [0.2, 0.25) is 0 Å². The fourth-order valence-corrected chi connectivity index (χ4v) is 2.04. The highest BCUT2D eigenvalue weighted by molar-refractivity contribution is 5.75. The molecule has 18 heavy (non-hydrogen) atoms. The Morgan fingerprint density at radius 3 is 2.83 bits per heavy atom. The number of urea groups is 1. The monoisotopic (exact) mass is 248 g/mol. The van der Waals surface area contributed by atoms with Crippen LogP contribution in [0.1, 0.15) is 38.3 Å². The first kappa shape index (κ1) is 12.7. The normalized spacial score (nSPS) is 16.1. The maximum absolute atomic E-state index is 12.1. The van der Waals surface area contributed by atoms with Crippen LogP contribution in [0.3, 0.4) is 0 Å². The van der Waals surface area contributed by atoms with Crippen molar-refractivity contribution in [2.75, 3.05) is 6.54 Å². The van der Waals surface area contributed by atoms with E-state index in [4.69, 9.17) is 0 Å². The number of hydrogen-bond acceptors (Lipinski definition) is 2. The molecule has 2 amide bonds. The van der Waals surface area contributed by atoms with Crippen molar-refractivity contribution < 1.29 is 9.90 Å². The standard InChI is InChI=1S/C14H20N2O2/c1-3-16(14(18)15-12-7-8-12)10(2)11-5-4-6-13(17)9-11/h4-6,9-10,12,17H,3,7-8H2,1-2H3,(H,15,18)/t10-/m0/s1. The molecule has 0 bridgehead atoms. The molecule has 0 aromatic heterocycles. The summed E-state index contributed by atoms with van der Waals surface area (Å²) < 4.78 is 0. The minimum atomic E-state index is -0.0409.